The number of aryl methyl sites for hydroxylation is 1. The largest absolute Gasteiger partial charge is 0.328 e. The highest BCUT2D eigenvalue weighted by atomic mass is 16.2. The molecule has 1 saturated heterocycles. The Kier molecular flexibility index (Phi) is 3.78. The summed E-state index contributed by atoms with van der Waals surface area (Å²) in [5, 5.41) is 3.33. The third-order valence-corrected chi connectivity index (χ3v) is 3.32. The first kappa shape index (κ1) is 12.1. The third-order valence-electron chi connectivity index (χ3n) is 3.32. The summed E-state index contributed by atoms with van der Waals surface area (Å²) in [7, 11) is 0. The molecule has 0 spiro atoms. The van der Waals surface area contributed by atoms with E-state index in [1.165, 1.54) is 0 Å². The lowest BCUT2D eigenvalue weighted by Gasteiger charge is -2.23. The lowest BCUT2D eigenvalue weighted by atomic mass is 10.00. The van der Waals surface area contributed by atoms with Crippen molar-refractivity contribution in [3.05, 3.63) is 32.6 Å². The van der Waals surface area contributed by atoms with Gasteiger partial charge in [-0.3, -0.25) is 14.3 Å². The number of nitrogens with zero attached hydrogens (tertiary/aromatic N) is 1. The van der Waals surface area contributed by atoms with Crippen LogP contribution < -0.4 is 16.6 Å². The van der Waals surface area contributed by atoms with Gasteiger partial charge in [0.25, 0.3) is 5.56 Å². The molecule has 1 aromatic heterocycles. The zero-order valence-corrected chi connectivity index (χ0v) is 10.2. The van der Waals surface area contributed by atoms with Crippen molar-refractivity contribution in [3.63, 3.8) is 0 Å². The summed E-state index contributed by atoms with van der Waals surface area (Å²) in [5.41, 5.74) is 0.127. The third kappa shape index (κ3) is 2.85. The Bertz CT molecular complexity index is 483. The number of piperidine rings is 1. The molecule has 1 unspecified atom stereocenters. The fourth-order valence-corrected chi connectivity index (χ4v) is 2.30. The molecule has 1 atom stereocenters. The molecule has 0 bridgehead atoms. The van der Waals surface area contributed by atoms with Crippen molar-refractivity contribution < 1.29 is 0 Å². The van der Waals surface area contributed by atoms with E-state index in [1.54, 1.807) is 10.8 Å². The number of aromatic nitrogens is 2. The average molecular weight is 237 g/mol. The van der Waals surface area contributed by atoms with Crippen LogP contribution in [0.5, 0.6) is 0 Å². The van der Waals surface area contributed by atoms with Gasteiger partial charge in [0.2, 0.25) is 0 Å². The lowest BCUT2D eigenvalue weighted by Crippen LogP contribution is -2.37. The SMILES string of the molecule is CCc1cn(CC2CCCNC2)c(=O)[nH]c1=O. The topological polar surface area (TPSA) is 66.9 Å². The first-order valence-electron chi connectivity index (χ1n) is 6.24. The molecule has 1 fully saturated rings. The first-order chi connectivity index (χ1) is 8.20. The van der Waals surface area contributed by atoms with Crippen molar-refractivity contribution >= 4 is 0 Å². The zero-order chi connectivity index (χ0) is 12.3. The maximum absolute atomic E-state index is 11.7. The summed E-state index contributed by atoms with van der Waals surface area (Å²) in [6.45, 7) is 4.63. The van der Waals surface area contributed by atoms with Crippen LogP contribution in [0, 0.1) is 5.92 Å². The maximum atomic E-state index is 11.7. The van der Waals surface area contributed by atoms with E-state index < -0.39 is 0 Å². The van der Waals surface area contributed by atoms with Crippen LogP contribution in [-0.4, -0.2) is 22.6 Å². The van der Waals surface area contributed by atoms with Gasteiger partial charge in [0.1, 0.15) is 0 Å². The van der Waals surface area contributed by atoms with Crippen molar-refractivity contribution in [1.82, 2.24) is 14.9 Å². The Labute approximate surface area is 99.9 Å². The highest BCUT2D eigenvalue weighted by Gasteiger charge is 2.14. The van der Waals surface area contributed by atoms with E-state index in [0.717, 1.165) is 25.9 Å². The monoisotopic (exact) mass is 237 g/mol. The number of nitrogens with one attached hydrogen (secondary N) is 2. The molecule has 0 amide bonds. The minimum atomic E-state index is -0.294. The van der Waals surface area contributed by atoms with Crippen LogP contribution in [0.25, 0.3) is 0 Å². The van der Waals surface area contributed by atoms with E-state index in [9.17, 15) is 9.59 Å². The van der Waals surface area contributed by atoms with Gasteiger partial charge in [-0.05, 0) is 38.3 Å². The minimum absolute atomic E-state index is 0.254. The molecular weight excluding hydrogens is 218 g/mol. The molecule has 1 aliphatic heterocycles. The molecule has 0 saturated carbocycles. The van der Waals surface area contributed by atoms with Crippen LogP contribution >= 0.6 is 0 Å². The standard InChI is InChI=1S/C12H19N3O2/c1-2-10-8-15(12(17)14-11(10)16)7-9-4-3-5-13-6-9/h8-9,13H,2-7H2,1H3,(H,14,16,17). The van der Waals surface area contributed by atoms with Crippen molar-refractivity contribution in [2.24, 2.45) is 5.92 Å². The molecule has 17 heavy (non-hydrogen) atoms. The minimum Gasteiger partial charge on any atom is -0.316 e. The highest BCUT2D eigenvalue weighted by Crippen LogP contribution is 2.11. The Morgan fingerprint density at radius 3 is 2.94 bits per heavy atom. The summed E-state index contributed by atoms with van der Waals surface area (Å²) in [6.07, 6.45) is 4.65. The normalized spacial score (nSPS) is 20.4. The Balaban J connectivity index is 2.19. The molecule has 2 heterocycles. The second kappa shape index (κ2) is 5.31. The van der Waals surface area contributed by atoms with Gasteiger partial charge in [-0.1, -0.05) is 6.92 Å². The van der Waals surface area contributed by atoms with Crippen LogP contribution in [0.4, 0.5) is 0 Å². The molecule has 2 N–H and O–H groups in total. The summed E-state index contributed by atoms with van der Waals surface area (Å²) in [5.74, 6) is 0.483. The second-order valence-corrected chi connectivity index (χ2v) is 4.63. The van der Waals surface area contributed by atoms with Crippen LogP contribution in [0.1, 0.15) is 25.3 Å². The molecular formula is C12H19N3O2. The number of H-pyrrole nitrogens is 1. The Morgan fingerprint density at radius 1 is 1.47 bits per heavy atom. The van der Waals surface area contributed by atoms with Gasteiger partial charge in [-0.15, -0.1) is 0 Å². The molecule has 94 valence electrons. The fraction of sp³-hybridized carbons (Fsp3) is 0.667. The predicted molar refractivity (Wildman–Crippen MR) is 66.3 cm³/mol. The van der Waals surface area contributed by atoms with E-state index in [4.69, 9.17) is 0 Å². The van der Waals surface area contributed by atoms with Crippen LogP contribution in [0.2, 0.25) is 0 Å². The van der Waals surface area contributed by atoms with Crippen molar-refractivity contribution in [2.75, 3.05) is 13.1 Å². The summed E-state index contributed by atoms with van der Waals surface area (Å²) < 4.78 is 1.64. The molecule has 5 heteroatoms. The fourth-order valence-electron chi connectivity index (χ4n) is 2.30. The lowest BCUT2D eigenvalue weighted by molar-refractivity contribution is 0.331. The molecule has 1 aliphatic rings. The summed E-state index contributed by atoms with van der Waals surface area (Å²) in [6, 6.07) is 0. The van der Waals surface area contributed by atoms with Crippen molar-refractivity contribution in [2.45, 2.75) is 32.7 Å². The average Bonchev–Trinajstić information content (AvgIpc) is 2.34. The van der Waals surface area contributed by atoms with Gasteiger partial charge in [-0.2, -0.15) is 0 Å². The van der Waals surface area contributed by atoms with Crippen molar-refractivity contribution in [3.8, 4) is 0 Å². The van der Waals surface area contributed by atoms with Crippen LogP contribution in [0.3, 0.4) is 0 Å². The Hall–Kier alpha value is -1.36. The molecule has 0 aliphatic carbocycles. The summed E-state index contributed by atoms with van der Waals surface area (Å²) in [4.78, 5) is 25.5. The highest BCUT2D eigenvalue weighted by molar-refractivity contribution is 5.03. The van der Waals surface area contributed by atoms with E-state index in [0.29, 0.717) is 24.4 Å². The smallest absolute Gasteiger partial charge is 0.316 e. The van der Waals surface area contributed by atoms with E-state index in [-0.39, 0.29) is 11.2 Å². The molecule has 0 radical (unpaired) electrons. The van der Waals surface area contributed by atoms with Gasteiger partial charge in [0.15, 0.2) is 0 Å². The Morgan fingerprint density at radius 2 is 2.29 bits per heavy atom. The number of hydrogen-bond acceptors (Lipinski definition) is 3. The van der Waals surface area contributed by atoms with E-state index in [1.807, 2.05) is 6.92 Å². The second-order valence-electron chi connectivity index (χ2n) is 4.63. The van der Waals surface area contributed by atoms with Crippen LogP contribution in [-0.2, 0) is 13.0 Å². The van der Waals surface area contributed by atoms with Gasteiger partial charge in [-0.25, -0.2) is 4.79 Å². The number of hydrogen-bond donors (Lipinski definition) is 2. The van der Waals surface area contributed by atoms with Crippen LogP contribution in [0.15, 0.2) is 15.8 Å². The van der Waals surface area contributed by atoms with Crippen molar-refractivity contribution in [1.29, 1.82) is 0 Å². The molecule has 2 rings (SSSR count). The van der Waals surface area contributed by atoms with Gasteiger partial charge >= 0.3 is 5.69 Å². The molecule has 1 aromatic rings. The van der Waals surface area contributed by atoms with Gasteiger partial charge in [0, 0.05) is 18.3 Å². The van der Waals surface area contributed by atoms with E-state index >= 15 is 0 Å². The van der Waals surface area contributed by atoms with E-state index in [2.05, 4.69) is 10.3 Å². The summed E-state index contributed by atoms with van der Waals surface area (Å²) >= 11 is 0. The predicted octanol–water partition coefficient (Wildman–Crippen LogP) is 0.0986. The number of aromatic amines is 1. The van der Waals surface area contributed by atoms with Gasteiger partial charge < -0.3 is 5.32 Å². The van der Waals surface area contributed by atoms with Gasteiger partial charge in [0.05, 0.1) is 0 Å². The number of rotatable bonds is 3. The molecule has 0 aromatic carbocycles. The first-order valence-corrected chi connectivity index (χ1v) is 6.24. The quantitative estimate of drug-likeness (QED) is 0.783. The zero-order valence-electron chi connectivity index (χ0n) is 10.2. The molecule has 5 nitrogen and oxygen atoms in total. The maximum Gasteiger partial charge on any atom is 0.328 e.